The van der Waals surface area contributed by atoms with Crippen LogP contribution >= 0.6 is 11.3 Å². The number of sulfonamides is 1. The molecule has 1 saturated heterocycles. The van der Waals surface area contributed by atoms with Gasteiger partial charge in [-0.15, -0.1) is 11.3 Å². The SMILES string of the molecule is CN1CCN(S(=O)(=O)c2cccc(C(=O)Nc3ccc(C(=O)Nc4nccs4)cc3)c2)CC1. The first-order valence-corrected chi connectivity index (χ1v) is 12.6. The van der Waals surface area contributed by atoms with Crippen molar-refractivity contribution in [1.82, 2.24) is 14.2 Å². The number of thiazole rings is 1. The highest BCUT2D eigenvalue weighted by Crippen LogP contribution is 2.20. The number of hydrogen-bond donors (Lipinski definition) is 2. The minimum atomic E-state index is -3.67. The summed E-state index contributed by atoms with van der Waals surface area (Å²) in [6, 6.07) is 12.4. The third-order valence-corrected chi connectivity index (χ3v) is 7.84. The van der Waals surface area contributed by atoms with Crippen molar-refractivity contribution in [1.29, 1.82) is 0 Å². The Labute approximate surface area is 196 Å². The number of anilines is 2. The van der Waals surface area contributed by atoms with E-state index in [9.17, 15) is 18.0 Å². The molecule has 1 aromatic heterocycles. The first-order valence-electron chi connectivity index (χ1n) is 10.2. The third kappa shape index (κ3) is 5.45. The summed E-state index contributed by atoms with van der Waals surface area (Å²) < 4.78 is 27.4. The van der Waals surface area contributed by atoms with Gasteiger partial charge in [0.2, 0.25) is 10.0 Å². The van der Waals surface area contributed by atoms with Gasteiger partial charge in [0.1, 0.15) is 0 Å². The average Bonchev–Trinajstić information content (AvgIpc) is 3.33. The fourth-order valence-corrected chi connectivity index (χ4v) is 5.33. The number of amides is 2. The van der Waals surface area contributed by atoms with Crippen LogP contribution in [0.4, 0.5) is 10.8 Å². The summed E-state index contributed by atoms with van der Waals surface area (Å²) in [5.41, 5.74) is 1.14. The summed E-state index contributed by atoms with van der Waals surface area (Å²) in [7, 11) is -1.72. The summed E-state index contributed by atoms with van der Waals surface area (Å²) in [6.07, 6.45) is 1.60. The molecule has 0 aliphatic carbocycles. The van der Waals surface area contributed by atoms with Crippen molar-refractivity contribution >= 4 is 44.0 Å². The van der Waals surface area contributed by atoms with Gasteiger partial charge < -0.3 is 10.2 Å². The summed E-state index contributed by atoms with van der Waals surface area (Å²) >= 11 is 1.32. The van der Waals surface area contributed by atoms with E-state index in [2.05, 4.69) is 20.5 Å². The highest BCUT2D eigenvalue weighted by molar-refractivity contribution is 7.89. The van der Waals surface area contributed by atoms with E-state index in [-0.39, 0.29) is 16.4 Å². The van der Waals surface area contributed by atoms with Crippen molar-refractivity contribution in [3.8, 4) is 0 Å². The minimum Gasteiger partial charge on any atom is -0.322 e. The van der Waals surface area contributed by atoms with Crippen LogP contribution in [0.5, 0.6) is 0 Å². The fourth-order valence-electron chi connectivity index (χ4n) is 3.34. The Kier molecular flexibility index (Phi) is 6.84. The number of carbonyl (C=O) groups excluding carboxylic acids is 2. The highest BCUT2D eigenvalue weighted by atomic mass is 32.2. The van der Waals surface area contributed by atoms with Crippen LogP contribution in [0.25, 0.3) is 0 Å². The molecule has 33 heavy (non-hydrogen) atoms. The van der Waals surface area contributed by atoms with Gasteiger partial charge in [0.25, 0.3) is 11.8 Å². The van der Waals surface area contributed by atoms with E-state index >= 15 is 0 Å². The molecule has 1 aliphatic heterocycles. The van der Waals surface area contributed by atoms with E-state index in [1.807, 2.05) is 7.05 Å². The molecule has 4 rings (SSSR count). The van der Waals surface area contributed by atoms with E-state index < -0.39 is 15.9 Å². The van der Waals surface area contributed by atoms with Crippen LogP contribution in [0.15, 0.2) is 65.0 Å². The smallest absolute Gasteiger partial charge is 0.257 e. The second-order valence-corrected chi connectivity index (χ2v) is 10.4. The van der Waals surface area contributed by atoms with Crippen LogP contribution in [-0.2, 0) is 10.0 Å². The zero-order valence-electron chi connectivity index (χ0n) is 17.9. The van der Waals surface area contributed by atoms with Crippen LogP contribution in [0, 0.1) is 0 Å². The Morgan fingerprint density at radius 1 is 0.939 bits per heavy atom. The maximum Gasteiger partial charge on any atom is 0.257 e. The molecule has 11 heteroatoms. The van der Waals surface area contributed by atoms with Crippen LogP contribution < -0.4 is 10.6 Å². The molecular formula is C22H23N5O4S2. The van der Waals surface area contributed by atoms with Gasteiger partial charge in [0.15, 0.2) is 5.13 Å². The van der Waals surface area contributed by atoms with Gasteiger partial charge in [-0.3, -0.25) is 14.9 Å². The second kappa shape index (κ2) is 9.79. The van der Waals surface area contributed by atoms with Crippen molar-refractivity contribution in [3.05, 3.63) is 71.2 Å². The van der Waals surface area contributed by atoms with Crippen molar-refractivity contribution < 1.29 is 18.0 Å². The molecule has 0 saturated carbocycles. The van der Waals surface area contributed by atoms with Crippen LogP contribution in [0.2, 0.25) is 0 Å². The number of aromatic nitrogens is 1. The molecule has 0 atom stereocenters. The molecule has 2 N–H and O–H groups in total. The molecule has 0 bridgehead atoms. The van der Waals surface area contributed by atoms with Crippen molar-refractivity contribution in [2.45, 2.75) is 4.90 Å². The summed E-state index contributed by atoms with van der Waals surface area (Å²) in [5, 5.41) is 7.70. The molecule has 3 aromatic rings. The Hall–Kier alpha value is -3.12. The van der Waals surface area contributed by atoms with Gasteiger partial charge in [-0.25, -0.2) is 13.4 Å². The number of likely N-dealkylation sites (N-methyl/N-ethyl adjacent to an activating group) is 1. The van der Waals surface area contributed by atoms with Gasteiger partial charge in [-0.2, -0.15) is 4.31 Å². The van der Waals surface area contributed by atoms with E-state index in [4.69, 9.17) is 0 Å². The molecule has 2 amide bonds. The Balaban J connectivity index is 1.43. The van der Waals surface area contributed by atoms with E-state index in [1.165, 1.54) is 27.8 Å². The van der Waals surface area contributed by atoms with Crippen LogP contribution in [0.3, 0.4) is 0 Å². The van der Waals surface area contributed by atoms with Crippen molar-refractivity contribution in [2.24, 2.45) is 0 Å². The number of rotatable bonds is 6. The monoisotopic (exact) mass is 485 g/mol. The number of nitrogens with one attached hydrogen (secondary N) is 2. The maximum absolute atomic E-state index is 13.0. The Morgan fingerprint density at radius 2 is 1.64 bits per heavy atom. The summed E-state index contributed by atoms with van der Waals surface area (Å²) in [4.78, 5) is 31.2. The van der Waals surface area contributed by atoms with Crippen LogP contribution in [-0.4, -0.2) is 67.6 Å². The first kappa shape index (κ1) is 23.1. The highest BCUT2D eigenvalue weighted by Gasteiger charge is 2.28. The zero-order chi connectivity index (χ0) is 23.4. The maximum atomic E-state index is 13.0. The molecule has 1 fully saturated rings. The molecule has 0 radical (unpaired) electrons. The number of piperazine rings is 1. The molecule has 1 aliphatic rings. The lowest BCUT2D eigenvalue weighted by Gasteiger charge is -2.31. The number of nitrogens with zero attached hydrogens (tertiary/aromatic N) is 3. The van der Waals surface area contributed by atoms with Crippen molar-refractivity contribution in [3.63, 3.8) is 0 Å². The van der Waals surface area contributed by atoms with Crippen molar-refractivity contribution in [2.75, 3.05) is 43.9 Å². The molecule has 9 nitrogen and oxygen atoms in total. The largest absolute Gasteiger partial charge is 0.322 e. The topological polar surface area (TPSA) is 112 Å². The average molecular weight is 486 g/mol. The lowest BCUT2D eigenvalue weighted by Crippen LogP contribution is -2.47. The Morgan fingerprint density at radius 3 is 2.30 bits per heavy atom. The second-order valence-electron chi connectivity index (χ2n) is 7.56. The number of hydrogen-bond acceptors (Lipinski definition) is 7. The summed E-state index contributed by atoms with van der Waals surface area (Å²) in [6.45, 7) is 2.16. The fraction of sp³-hybridized carbons (Fsp3) is 0.227. The van der Waals surface area contributed by atoms with E-state index in [1.54, 1.807) is 48.0 Å². The van der Waals surface area contributed by atoms with Gasteiger partial charge in [-0.1, -0.05) is 6.07 Å². The molecule has 2 aromatic carbocycles. The number of carbonyl (C=O) groups is 2. The molecule has 0 spiro atoms. The van der Waals surface area contributed by atoms with Gasteiger partial charge >= 0.3 is 0 Å². The standard InChI is InChI=1S/C22H23N5O4S2/c1-26-10-12-27(13-11-26)33(30,31)19-4-2-3-17(15-19)21(29)24-18-7-5-16(6-8-18)20(28)25-22-23-9-14-32-22/h2-9,14-15H,10-13H2,1H3,(H,24,29)(H,23,25,28). The molecule has 172 valence electrons. The predicted molar refractivity (Wildman–Crippen MR) is 127 cm³/mol. The normalized spacial score (nSPS) is 15.2. The van der Waals surface area contributed by atoms with E-state index in [0.717, 1.165) is 0 Å². The first-order chi connectivity index (χ1) is 15.8. The van der Waals surface area contributed by atoms with Gasteiger partial charge in [-0.05, 0) is 49.5 Å². The minimum absolute atomic E-state index is 0.0916. The Bertz CT molecular complexity index is 1240. The number of benzene rings is 2. The van der Waals surface area contributed by atoms with E-state index in [0.29, 0.717) is 42.6 Å². The van der Waals surface area contributed by atoms with Crippen LogP contribution in [0.1, 0.15) is 20.7 Å². The molecule has 0 unspecified atom stereocenters. The molecule has 2 heterocycles. The zero-order valence-corrected chi connectivity index (χ0v) is 19.5. The van der Waals surface area contributed by atoms with Gasteiger partial charge in [0, 0.05) is 54.6 Å². The quantitative estimate of drug-likeness (QED) is 0.555. The lowest BCUT2D eigenvalue weighted by molar-refractivity contribution is 0.101. The molecular weight excluding hydrogens is 462 g/mol. The van der Waals surface area contributed by atoms with Gasteiger partial charge in [0.05, 0.1) is 4.90 Å². The predicted octanol–water partition coefficient (Wildman–Crippen LogP) is 2.58. The lowest BCUT2D eigenvalue weighted by atomic mass is 10.1. The third-order valence-electron chi connectivity index (χ3n) is 5.25. The summed E-state index contributed by atoms with van der Waals surface area (Å²) in [5.74, 6) is -0.741.